The second kappa shape index (κ2) is 7.06. The molecule has 0 aliphatic rings. The first-order valence-electron chi connectivity index (χ1n) is 4.62. The van der Waals surface area contributed by atoms with Crippen molar-refractivity contribution in [1.82, 2.24) is 4.90 Å². The van der Waals surface area contributed by atoms with Crippen LogP contribution in [-0.2, 0) is 4.74 Å². The first kappa shape index (κ1) is 12.6. The summed E-state index contributed by atoms with van der Waals surface area (Å²) in [7, 11) is 3.56. The highest BCUT2D eigenvalue weighted by atomic mass is 16.5. The standard InChI is InChI=1S/C10H21NO2/c1-5-9(2)6-11(3)7-10(12)8-13-4/h10,12H,2,5-8H2,1,3-4H3. The fraction of sp³-hybridized carbons (Fsp3) is 0.800. The van der Waals surface area contributed by atoms with Crippen LogP contribution >= 0.6 is 0 Å². The number of methoxy groups -OCH3 is 1. The lowest BCUT2D eigenvalue weighted by Crippen LogP contribution is -2.33. The highest BCUT2D eigenvalue weighted by Gasteiger charge is 2.07. The molecule has 0 aromatic heterocycles. The summed E-state index contributed by atoms with van der Waals surface area (Å²) >= 11 is 0. The summed E-state index contributed by atoms with van der Waals surface area (Å²) in [6.45, 7) is 7.87. The highest BCUT2D eigenvalue weighted by Crippen LogP contribution is 1.99. The summed E-state index contributed by atoms with van der Waals surface area (Å²) in [6.07, 6.45) is 0.588. The number of rotatable bonds is 7. The Balaban J connectivity index is 3.60. The summed E-state index contributed by atoms with van der Waals surface area (Å²) in [6, 6.07) is 0. The number of aliphatic hydroxyl groups is 1. The average Bonchev–Trinajstić information content (AvgIpc) is 2.04. The number of hydrogen-bond acceptors (Lipinski definition) is 3. The van der Waals surface area contributed by atoms with E-state index in [4.69, 9.17) is 4.74 Å². The van der Waals surface area contributed by atoms with Crippen LogP contribution in [0.1, 0.15) is 13.3 Å². The van der Waals surface area contributed by atoms with Crippen molar-refractivity contribution >= 4 is 0 Å². The molecule has 0 fully saturated rings. The minimum Gasteiger partial charge on any atom is -0.389 e. The van der Waals surface area contributed by atoms with Crippen LogP contribution in [0.2, 0.25) is 0 Å². The Morgan fingerprint density at radius 1 is 1.62 bits per heavy atom. The first-order chi connectivity index (χ1) is 6.10. The zero-order valence-corrected chi connectivity index (χ0v) is 8.92. The van der Waals surface area contributed by atoms with Crippen molar-refractivity contribution in [2.45, 2.75) is 19.4 Å². The van der Waals surface area contributed by atoms with Gasteiger partial charge in [-0.3, -0.25) is 4.90 Å². The van der Waals surface area contributed by atoms with Crippen molar-refractivity contribution in [2.75, 3.05) is 33.9 Å². The van der Waals surface area contributed by atoms with E-state index in [1.54, 1.807) is 7.11 Å². The number of aliphatic hydroxyl groups excluding tert-OH is 1. The van der Waals surface area contributed by atoms with E-state index in [2.05, 4.69) is 18.4 Å². The van der Waals surface area contributed by atoms with Gasteiger partial charge >= 0.3 is 0 Å². The Labute approximate surface area is 81.0 Å². The molecule has 1 atom stereocenters. The third-order valence-corrected chi connectivity index (χ3v) is 1.88. The van der Waals surface area contributed by atoms with Gasteiger partial charge in [0.05, 0.1) is 12.7 Å². The van der Waals surface area contributed by atoms with Crippen LogP contribution in [0.3, 0.4) is 0 Å². The van der Waals surface area contributed by atoms with Crippen molar-refractivity contribution < 1.29 is 9.84 Å². The minimum atomic E-state index is -0.403. The lowest BCUT2D eigenvalue weighted by atomic mass is 10.2. The molecule has 0 heterocycles. The average molecular weight is 187 g/mol. The number of likely N-dealkylation sites (N-methyl/N-ethyl adjacent to an activating group) is 1. The van der Waals surface area contributed by atoms with Crippen molar-refractivity contribution in [3.05, 3.63) is 12.2 Å². The molecule has 0 aliphatic heterocycles. The fourth-order valence-corrected chi connectivity index (χ4v) is 1.16. The molecule has 0 saturated heterocycles. The Hall–Kier alpha value is -0.380. The number of hydrogen-bond donors (Lipinski definition) is 1. The molecular weight excluding hydrogens is 166 g/mol. The third kappa shape index (κ3) is 6.75. The van der Waals surface area contributed by atoms with Gasteiger partial charge in [-0.15, -0.1) is 0 Å². The molecule has 13 heavy (non-hydrogen) atoms. The molecule has 1 unspecified atom stereocenters. The van der Waals surface area contributed by atoms with Gasteiger partial charge in [0.2, 0.25) is 0 Å². The van der Waals surface area contributed by atoms with Crippen molar-refractivity contribution in [1.29, 1.82) is 0 Å². The molecule has 0 amide bonds. The maximum atomic E-state index is 9.41. The monoisotopic (exact) mass is 187 g/mol. The second-order valence-corrected chi connectivity index (χ2v) is 3.41. The molecule has 0 aromatic rings. The van der Waals surface area contributed by atoms with Crippen molar-refractivity contribution in [2.24, 2.45) is 0 Å². The van der Waals surface area contributed by atoms with Gasteiger partial charge in [-0.2, -0.15) is 0 Å². The molecule has 0 radical (unpaired) electrons. The summed E-state index contributed by atoms with van der Waals surface area (Å²) in [5.41, 5.74) is 1.19. The van der Waals surface area contributed by atoms with Gasteiger partial charge in [-0.05, 0) is 13.5 Å². The van der Waals surface area contributed by atoms with Gasteiger partial charge in [0.15, 0.2) is 0 Å². The third-order valence-electron chi connectivity index (χ3n) is 1.88. The van der Waals surface area contributed by atoms with Crippen LogP contribution in [0.4, 0.5) is 0 Å². The van der Waals surface area contributed by atoms with Gasteiger partial charge < -0.3 is 9.84 Å². The summed E-state index contributed by atoms with van der Waals surface area (Å²) in [4.78, 5) is 2.05. The van der Waals surface area contributed by atoms with Crippen LogP contribution < -0.4 is 0 Å². The smallest absolute Gasteiger partial charge is 0.0900 e. The maximum Gasteiger partial charge on any atom is 0.0900 e. The van der Waals surface area contributed by atoms with Gasteiger partial charge in [-0.25, -0.2) is 0 Å². The van der Waals surface area contributed by atoms with E-state index >= 15 is 0 Å². The molecule has 3 heteroatoms. The quantitative estimate of drug-likeness (QED) is 0.601. The van der Waals surface area contributed by atoms with Crippen molar-refractivity contribution in [3.63, 3.8) is 0 Å². The second-order valence-electron chi connectivity index (χ2n) is 3.41. The first-order valence-corrected chi connectivity index (χ1v) is 4.62. The van der Waals surface area contributed by atoms with E-state index in [1.807, 2.05) is 7.05 Å². The lowest BCUT2D eigenvalue weighted by molar-refractivity contribution is 0.0449. The SMILES string of the molecule is C=C(CC)CN(C)CC(O)COC. The normalized spacial score (nSPS) is 13.3. The van der Waals surface area contributed by atoms with E-state index in [1.165, 1.54) is 5.57 Å². The largest absolute Gasteiger partial charge is 0.389 e. The van der Waals surface area contributed by atoms with Gasteiger partial charge in [0.1, 0.15) is 0 Å². The number of ether oxygens (including phenoxy) is 1. The Kier molecular flexibility index (Phi) is 6.86. The summed E-state index contributed by atoms with van der Waals surface area (Å²) in [5, 5.41) is 9.41. The van der Waals surface area contributed by atoms with Crippen LogP contribution in [0.25, 0.3) is 0 Å². The van der Waals surface area contributed by atoms with Crippen molar-refractivity contribution in [3.8, 4) is 0 Å². The molecule has 0 aromatic carbocycles. The fourth-order valence-electron chi connectivity index (χ4n) is 1.16. The molecule has 0 saturated carbocycles. The van der Waals surface area contributed by atoms with E-state index in [9.17, 15) is 5.11 Å². The predicted octanol–water partition coefficient (Wildman–Crippen LogP) is 0.892. The molecule has 3 nitrogen and oxygen atoms in total. The Morgan fingerprint density at radius 2 is 2.23 bits per heavy atom. The lowest BCUT2D eigenvalue weighted by Gasteiger charge is -2.20. The van der Waals surface area contributed by atoms with E-state index in [0.29, 0.717) is 13.2 Å². The molecule has 78 valence electrons. The van der Waals surface area contributed by atoms with Crippen LogP contribution in [0, 0.1) is 0 Å². The van der Waals surface area contributed by atoms with E-state index in [-0.39, 0.29) is 0 Å². The van der Waals surface area contributed by atoms with Gasteiger partial charge in [0.25, 0.3) is 0 Å². The molecule has 0 rings (SSSR count). The molecule has 0 bridgehead atoms. The highest BCUT2D eigenvalue weighted by molar-refractivity contribution is 4.95. The van der Waals surface area contributed by atoms with Crippen LogP contribution in [0.5, 0.6) is 0 Å². The summed E-state index contributed by atoms with van der Waals surface area (Å²) in [5.74, 6) is 0. The zero-order valence-electron chi connectivity index (χ0n) is 8.92. The molecule has 0 spiro atoms. The Bertz CT molecular complexity index is 148. The number of nitrogens with zero attached hydrogens (tertiary/aromatic N) is 1. The summed E-state index contributed by atoms with van der Waals surface area (Å²) < 4.78 is 4.84. The molecular formula is C10H21NO2. The van der Waals surface area contributed by atoms with E-state index < -0.39 is 6.10 Å². The van der Waals surface area contributed by atoms with Gasteiger partial charge in [0, 0.05) is 20.2 Å². The predicted molar refractivity (Wildman–Crippen MR) is 54.8 cm³/mol. The topological polar surface area (TPSA) is 32.7 Å². The molecule has 0 aliphatic carbocycles. The van der Waals surface area contributed by atoms with Crippen LogP contribution in [0.15, 0.2) is 12.2 Å². The van der Waals surface area contributed by atoms with Crippen LogP contribution in [-0.4, -0.2) is 50.0 Å². The maximum absolute atomic E-state index is 9.41. The zero-order chi connectivity index (χ0) is 10.3. The van der Waals surface area contributed by atoms with Gasteiger partial charge in [-0.1, -0.05) is 19.1 Å². The van der Waals surface area contributed by atoms with E-state index in [0.717, 1.165) is 13.0 Å². The Morgan fingerprint density at radius 3 is 2.69 bits per heavy atom. The minimum absolute atomic E-state index is 0.392. The molecule has 1 N–H and O–H groups in total.